The Morgan fingerprint density at radius 3 is 2.67 bits per heavy atom. The smallest absolute Gasteiger partial charge is 0.363 e. The van der Waals surface area contributed by atoms with Crippen LogP contribution in [0.2, 0.25) is 0 Å². The van der Waals surface area contributed by atoms with Crippen molar-refractivity contribution in [1.29, 1.82) is 0 Å². The zero-order valence-electron chi connectivity index (χ0n) is 13.0. The van der Waals surface area contributed by atoms with Gasteiger partial charge in [0, 0.05) is 23.5 Å². The number of esters is 1. The summed E-state index contributed by atoms with van der Waals surface area (Å²) >= 11 is 1.64. The van der Waals surface area contributed by atoms with Gasteiger partial charge in [0.1, 0.15) is 0 Å². The molecular formula is C18H16N2O3S. The zero-order chi connectivity index (χ0) is 16.4. The van der Waals surface area contributed by atoms with Crippen molar-refractivity contribution >= 4 is 34.3 Å². The highest BCUT2D eigenvalue weighted by Gasteiger charge is 2.24. The van der Waals surface area contributed by atoms with Gasteiger partial charge < -0.3 is 14.4 Å². The lowest BCUT2D eigenvalue weighted by Gasteiger charge is -2.27. The lowest BCUT2D eigenvalue weighted by Crippen LogP contribution is -2.35. The Morgan fingerprint density at radius 1 is 1.08 bits per heavy atom. The highest BCUT2D eigenvalue weighted by molar-refractivity contribution is 7.16. The van der Waals surface area contributed by atoms with Crippen LogP contribution in [0.4, 0.5) is 5.00 Å². The van der Waals surface area contributed by atoms with Gasteiger partial charge in [-0.15, -0.1) is 11.3 Å². The van der Waals surface area contributed by atoms with Gasteiger partial charge in [-0.1, -0.05) is 18.2 Å². The van der Waals surface area contributed by atoms with Crippen LogP contribution in [-0.2, 0) is 14.3 Å². The maximum absolute atomic E-state index is 12.0. The molecule has 0 amide bonds. The Morgan fingerprint density at radius 2 is 1.88 bits per heavy atom. The topological polar surface area (TPSA) is 51.1 Å². The van der Waals surface area contributed by atoms with Crippen LogP contribution < -0.4 is 4.90 Å². The Balaban J connectivity index is 1.56. The van der Waals surface area contributed by atoms with Crippen molar-refractivity contribution in [3.8, 4) is 0 Å². The molecule has 122 valence electrons. The van der Waals surface area contributed by atoms with Crippen molar-refractivity contribution < 1.29 is 14.3 Å². The summed E-state index contributed by atoms with van der Waals surface area (Å²) in [5.41, 5.74) is 1.14. The Bertz CT molecular complexity index is 805. The van der Waals surface area contributed by atoms with Gasteiger partial charge in [0.25, 0.3) is 0 Å². The van der Waals surface area contributed by atoms with E-state index in [0.29, 0.717) is 11.6 Å². The Hall–Kier alpha value is -2.44. The highest BCUT2D eigenvalue weighted by atomic mass is 32.1. The van der Waals surface area contributed by atoms with E-state index in [1.807, 2.05) is 36.4 Å². The van der Waals surface area contributed by atoms with Gasteiger partial charge >= 0.3 is 5.97 Å². The predicted octanol–water partition coefficient (Wildman–Crippen LogP) is 2.93. The van der Waals surface area contributed by atoms with Gasteiger partial charge in [-0.3, -0.25) is 0 Å². The number of ether oxygens (including phenoxy) is 2. The molecule has 0 radical (unpaired) electrons. The molecule has 1 fully saturated rings. The third-order valence-corrected chi connectivity index (χ3v) is 4.95. The summed E-state index contributed by atoms with van der Waals surface area (Å²) in [6.07, 6.45) is 1.78. The number of anilines is 1. The van der Waals surface area contributed by atoms with Gasteiger partial charge in [-0.25, -0.2) is 9.79 Å². The molecule has 2 aromatic rings. The summed E-state index contributed by atoms with van der Waals surface area (Å²) < 4.78 is 10.7. The first kappa shape index (κ1) is 15.1. The minimum atomic E-state index is -0.407. The Kier molecular flexibility index (Phi) is 4.15. The number of hydrogen-bond donors (Lipinski definition) is 0. The third kappa shape index (κ3) is 3.11. The average Bonchev–Trinajstić information content (AvgIpc) is 3.24. The lowest BCUT2D eigenvalue weighted by atomic mass is 10.2. The first-order chi connectivity index (χ1) is 11.8. The number of thiophene rings is 1. The number of nitrogens with zero attached hydrogens (tertiary/aromatic N) is 2. The summed E-state index contributed by atoms with van der Waals surface area (Å²) in [4.78, 5) is 19.7. The first-order valence-electron chi connectivity index (χ1n) is 7.80. The molecule has 4 rings (SSSR count). The van der Waals surface area contributed by atoms with Crippen molar-refractivity contribution in [1.82, 2.24) is 0 Å². The number of cyclic esters (lactones) is 1. The van der Waals surface area contributed by atoms with Gasteiger partial charge in [0.15, 0.2) is 5.70 Å². The molecule has 0 aliphatic carbocycles. The van der Waals surface area contributed by atoms with Crippen LogP contribution in [0.15, 0.2) is 53.2 Å². The van der Waals surface area contributed by atoms with Crippen molar-refractivity contribution in [3.05, 3.63) is 58.6 Å². The van der Waals surface area contributed by atoms with Crippen LogP contribution in [0.25, 0.3) is 6.08 Å². The number of hydrogen-bond acceptors (Lipinski definition) is 6. The first-order valence-corrected chi connectivity index (χ1v) is 8.62. The standard InChI is InChI=1S/C18H16N2O3S/c21-18-15(19-17(23-18)13-4-2-1-3-5-13)12-14-6-7-16(24-14)20-8-10-22-11-9-20/h1-7,12H,8-11H2/b15-12-. The predicted molar refractivity (Wildman–Crippen MR) is 94.4 cm³/mol. The van der Waals surface area contributed by atoms with E-state index < -0.39 is 5.97 Å². The molecule has 5 nitrogen and oxygen atoms in total. The molecule has 3 heterocycles. The van der Waals surface area contributed by atoms with Crippen LogP contribution in [-0.4, -0.2) is 38.2 Å². The van der Waals surface area contributed by atoms with Crippen LogP contribution in [0.5, 0.6) is 0 Å². The highest BCUT2D eigenvalue weighted by Crippen LogP contribution is 2.29. The fourth-order valence-electron chi connectivity index (χ4n) is 2.62. The van der Waals surface area contributed by atoms with Crippen LogP contribution in [0.3, 0.4) is 0 Å². The van der Waals surface area contributed by atoms with Gasteiger partial charge in [0.05, 0.1) is 18.2 Å². The third-order valence-electron chi connectivity index (χ3n) is 3.86. The lowest BCUT2D eigenvalue weighted by molar-refractivity contribution is -0.129. The van der Waals surface area contributed by atoms with E-state index in [0.717, 1.165) is 36.7 Å². The van der Waals surface area contributed by atoms with E-state index in [-0.39, 0.29) is 0 Å². The number of rotatable bonds is 3. The van der Waals surface area contributed by atoms with E-state index in [1.54, 1.807) is 17.4 Å². The fourth-order valence-corrected chi connectivity index (χ4v) is 3.62. The van der Waals surface area contributed by atoms with Gasteiger partial charge in [-0.2, -0.15) is 0 Å². The summed E-state index contributed by atoms with van der Waals surface area (Å²) in [7, 11) is 0. The second-order valence-corrected chi connectivity index (χ2v) is 6.57. The molecule has 1 aromatic carbocycles. The summed E-state index contributed by atoms with van der Waals surface area (Å²) in [5.74, 6) is -0.0491. The number of benzene rings is 1. The van der Waals surface area contributed by atoms with Crippen LogP contribution in [0, 0.1) is 0 Å². The molecule has 1 saturated heterocycles. The minimum Gasteiger partial charge on any atom is -0.402 e. The average molecular weight is 340 g/mol. The quantitative estimate of drug-likeness (QED) is 0.637. The largest absolute Gasteiger partial charge is 0.402 e. The second kappa shape index (κ2) is 6.59. The normalized spacial score (nSPS) is 19.5. The monoisotopic (exact) mass is 340 g/mol. The zero-order valence-corrected chi connectivity index (χ0v) is 13.8. The number of carbonyl (C=O) groups is 1. The van der Waals surface area contributed by atoms with Crippen LogP contribution >= 0.6 is 11.3 Å². The molecule has 0 bridgehead atoms. The van der Waals surface area contributed by atoms with Gasteiger partial charge in [-0.05, 0) is 30.3 Å². The van der Waals surface area contributed by atoms with Crippen molar-refractivity contribution in [3.63, 3.8) is 0 Å². The molecule has 0 N–H and O–H groups in total. The number of morpholine rings is 1. The summed E-state index contributed by atoms with van der Waals surface area (Å²) in [6.45, 7) is 3.31. The van der Waals surface area contributed by atoms with Crippen molar-refractivity contribution in [2.75, 3.05) is 31.2 Å². The molecule has 2 aliphatic rings. The number of carbonyl (C=O) groups excluding carboxylic acids is 1. The number of aliphatic imine (C=N–C) groups is 1. The van der Waals surface area contributed by atoms with E-state index in [2.05, 4.69) is 16.0 Å². The van der Waals surface area contributed by atoms with Crippen molar-refractivity contribution in [2.24, 2.45) is 4.99 Å². The molecule has 0 spiro atoms. The van der Waals surface area contributed by atoms with Crippen LogP contribution in [0.1, 0.15) is 10.4 Å². The summed E-state index contributed by atoms with van der Waals surface area (Å²) in [6, 6.07) is 13.5. The maximum Gasteiger partial charge on any atom is 0.363 e. The molecule has 0 saturated carbocycles. The van der Waals surface area contributed by atoms with Crippen molar-refractivity contribution in [2.45, 2.75) is 0 Å². The van der Waals surface area contributed by atoms with E-state index in [9.17, 15) is 4.79 Å². The van der Waals surface area contributed by atoms with Gasteiger partial charge in [0.2, 0.25) is 5.90 Å². The second-order valence-electron chi connectivity index (χ2n) is 5.48. The molecule has 6 heteroatoms. The molecule has 0 atom stereocenters. The molecular weight excluding hydrogens is 324 g/mol. The minimum absolute atomic E-state index is 0.337. The fraction of sp³-hybridized carbons (Fsp3) is 0.222. The molecule has 24 heavy (non-hydrogen) atoms. The summed E-state index contributed by atoms with van der Waals surface area (Å²) in [5, 5.41) is 1.18. The molecule has 2 aliphatic heterocycles. The van der Waals surface area contributed by atoms with E-state index in [4.69, 9.17) is 9.47 Å². The molecule has 1 aromatic heterocycles. The molecule has 0 unspecified atom stereocenters. The SMILES string of the molecule is O=C1OC(c2ccccc2)=N/C1=C\c1ccc(N2CCOCC2)s1. The maximum atomic E-state index is 12.0. The van der Waals surface area contributed by atoms with E-state index in [1.165, 1.54) is 5.00 Å². The van der Waals surface area contributed by atoms with E-state index >= 15 is 0 Å². The Labute approximate surface area is 143 Å².